The third-order valence-corrected chi connectivity index (χ3v) is 3.04. The van der Waals surface area contributed by atoms with Crippen molar-refractivity contribution < 1.29 is 9.53 Å². The van der Waals surface area contributed by atoms with Crippen LogP contribution in [0.5, 0.6) is 0 Å². The normalized spacial score (nSPS) is 10.5. The maximum atomic E-state index is 11.8. The van der Waals surface area contributed by atoms with Crippen molar-refractivity contribution in [2.24, 2.45) is 5.84 Å². The Bertz CT molecular complexity index is 646. The van der Waals surface area contributed by atoms with Gasteiger partial charge in [-0.1, -0.05) is 23.2 Å². The smallest absolute Gasteiger partial charge is 0.341 e. The Morgan fingerprint density at radius 3 is 2.84 bits per heavy atom. The van der Waals surface area contributed by atoms with Gasteiger partial charge in [0.15, 0.2) is 0 Å². The molecule has 0 saturated carbocycles. The van der Waals surface area contributed by atoms with Gasteiger partial charge in [-0.25, -0.2) is 4.79 Å². The molecule has 0 aliphatic carbocycles. The molecule has 0 saturated heterocycles. The summed E-state index contributed by atoms with van der Waals surface area (Å²) in [6.45, 7) is 1.98. The number of anilines is 1. The van der Waals surface area contributed by atoms with E-state index in [4.69, 9.17) is 33.8 Å². The van der Waals surface area contributed by atoms with Gasteiger partial charge in [-0.15, -0.1) is 0 Å². The quantitative estimate of drug-likeness (QED) is 0.517. The number of hydrogen-bond acceptors (Lipinski definition) is 5. The highest BCUT2D eigenvalue weighted by Crippen LogP contribution is 2.33. The molecule has 19 heavy (non-hydrogen) atoms. The highest BCUT2D eigenvalue weighted by atomic mass is 35.5. The van der Waals surface area contributed by atoms with Crippen molar-refractivity contribution in [1.29, 1.82) is 0 Å². The van der Waals surface area contributed by atoms with E-state index < -0.39 is 5.97 Å². The number of nitrogens with zero attached hydrogens (tertiary/aromatic N) is 1. The fraction of sp³-hybridized carbons (Fsp3) is 0.167. The average Bonchev–Trinajstić information content (AvgIpc) is 2.37. The van der Waals surface area contributed by atoms with Gasteiger partial charge in [0.2, 0.25) is 0 Å². The fourth-order valence-electron chi connectivity index (χ4n) is 1.75. The number of nitrogens with two attached hydrogens (primary N) is 1. The summed E-state index contributed by atoms with van der Waals surface area (Å²) in [5.41, 5.74) is 3.59. The van der Waals surface area contributed by atoms with Gasteiger partial charge in [0, 0.05) is 16.6 Å². The lowest BCUT2D eigenvalue weighted by Gasteiger charge is -2.12. The van der Waals surface area contributed by atoms with Gasteiger partial charge in [-0.05, 0) is 19.1 Å². The SMILES string of the molecule is CCOC(=O)c1cnc2c(Cl)cc(Cl)cc2c1NN. The number of ether oxygens (including phenoxy) is 1. The van der Waals surface area contributed by atoms with Crippen LogP contribution in [0.2, 0.25) is 10.0 Å². The van der Waals surface area contributed by atoms with Crippen LogP contribution in [0.25, 0.3) is 10.9 Å². The second kappa shape index (κ2) is 5.61. The summed E-state index contributed by atoms with van der Waals surface area (Å²) in [7, 11) is 0. The van der Waals surface area contributed by atoms with E-state index in [2.05, 4.69) is 10.4 Å². The maximum absolute atomic E-state index is 11.8. The van der Waals surface area contributed by atoms with Crippen LogP contribution < -0.4 is 11.3 Å². The Hall–Kier alpha value is -1.56. The number of hydrogen-bond donors (Lipinski definition) is 2. The van der Waals surface area contributed by atoms with E-state index in [0.29, 0.717) is 26.6 Å². The Labute approximate surface area is 119 Å². The first-order valence-electron chi connectivity index (χ1n) is 5.50. The second-order valence-corrected chi connectivity index (χ2v) is 4.54. The highest BCUT2D eigenvalue weighted by Gasteiger charge is 2.17. The summed E-state index contributed by atoms with van der Waals surface area (Å²) in [5, 5.41) is 1.37. The number of rotatable bonds is 3. The minimum atomic E-state index is -0.513. The molecule has 0 spiro atoms. The van der Waals surface area contributed by atoms with Gasteiger partial charge in [-0.2, -0.15) is 0 Å². The molecular formula is C12H11Cl2N3O2. The zero-order valence-corrected chi connectivity index (χ0v) is 11.5. The number of nitrogen functional groups attached to an aromatic ring is 1. The van der Waals surface area contributed by atoms with Crippen LogP contribution in [0.4, 0.5) is 5.69 Å². The van der Waals surface area contributed by atoms with Crippen LogP contribution in [0, 0.1) is 0 Å². The van der Waals surface area contributed by atoms with Crippen molar-refractivity contribution in [1.82, 2.24) is 4.98 Å². The van der Waals surface area contributed by atoms with Gasteiger partial charge >= 0.3 is 5.97 Å². The van der Waals surface area contributed by atoms with Crippen LogP contribution in [-0.4, -0.2) is 17.6 Å². The lowest BCUT2D eigenvalue weighted by molar-refractivity contribution is 0.0527. The molecular weight excluding hydrogens is 289 g/mol. The summed E-state index contributed by atoms with van der Waals surface area (Å²) in [4.78, 5) is 16.0. The molecule has 0 aliphatic heterocycles. The Kier molecular flexibility index (Phi) is 4.09. The van der Waals surface area contributed by atoms with E-state index in [1.807, 2.05) is 0 Å². The molecule has 5 nitrogen and oxygen atoms in total. The van der Waals surface area contributed by atoms with Crippen molar-refractivity contribution in [3.8, 4) is 0 Å². The number of aromatic nitrogens is 1. The number of hydrazine groups is 1. The van der Waals surface area contributed by atoms with E-state index in [0.717, 1.165) is 0 Å². The molecule has 0 atom stereocenters. The third-order valence-electron chi connectivity index (χ3n) is 2.53. The number of carbonyl (C=O) groups excluding carboxylic acids is 1. The van der Waals surface area contributed by atoms with Gasteiger partial charge in [0.05, 0.1) is 22.8 Å². The second-order valence-electron chi connectivity index (χ2n) is 3.70. The van der Waals surface area contributed by atoms with Crippen LogP contribution in [-0.2, 0) is 4.74 Å². The summed E-state index contributed by atoms with van der Waals surface area (Å²) in [6.07, 6.45) is 1.37. The molecule has 0 aliphatic rings. The maximum Gasteiger partial charge on any atom is 0.341 e. The summed E-state index contributed by atoms with van der Waals surface area (Å²) in [6, 6.07) is 3.20. The molecule has 2 aromatic rings. The van der Waals surface area contributed by atoms with Crippen molar-refractivity contribution in [3.05, 3.63) is 33.9 Å². The monoisotopic (exact) mass is 299 g/mol. The van der Waals surface area contributed by atoms with Gasteiger partial charge in [-0.3, -0.25) is 10.8 Å². The zero-order valence-electron chi connectivity index (χ0n) is 10.0. The summed E-state index contributed by atoms with van der Waals surface area (Å²) >= 11 is 12.0. The first-order valence-corrected chi connectivity index (χ1v) is 6.25. The van der Waals surface area contributed by atoms with Crippen LogP contribution in [0.3, 0.4) is 0 Å². The van der Waals surface area contributed by atoms with Crippen molar-refractivity contribution in [2.75, 3.05) is 12.0 Å². The van der Waals surface area contributed by atoms with Crippen LogP contribution in [0.1, 0.15) is 17.3 Å². The molecule has 0 unspecified atom stereocenters. The van der Waals surface area contributed by atoms with E-state index in [1.54, 1.807) is 19.1 Å². The first-order chi connectivity index (χ1) is 9.08. The summed E-state index contributed by atoms with van der Waals surface area (Å²) < 4.78 is 4.94. The van der Waals surface area contributed by atoms with Crippen molar-refractivity contribution in [3.63, 3.8) is 0 Å². The number of fused-ring (bicyclic) bond motifs is 1. The molecule has 0 radical (unpaired) electrons. The summed E-state index contributed by atoms with van der Waals surface area (Å²) in [5.74, 6) is 4.97. The third kappa shape index (κ3) is 2.58. The minimum absolute atomic E-state index is 0.232. The molecule has 1 aromatic heterocycles. The fourth-order valence-corrected chi connectivity index (χ4v) is 2.29. The molecule has 7 heteroatoms. The Balaban J connectivity index is 2.72. The first kappa shape index (κ1) is 13.9. The topological polar surface area (TPSA) is 77.2 Å². The minimum Gasteiger partial charge on any atom is -0.462 e. The molecule has 3 N–H and O–H groups in total. The van der Waals surface area contributed by atoms with E-state index in [-0.39, 0.29) is 12.2 Å². The lowest BCUT2D eigenvalue weighted by Crippen LogP contribution is -2.15. The van der Waals surface area contributed by atoms with E-state index in [9.17, 15) is 4.79 Å². The standard InChI is InChI=1S/C12H11Cl2N3O2/c1-2-19-12(18)8-5-16-11-7(10(8)17-15)3-6(13)4-9(11)14/h3-5H,2,15H2,1H3,(H,16,17). The zero-order chi connectivity index (χ0) is 14.0. The van der Waals surface area contributed by atoms with Crippen LogP contribution >= 0.6 is 23.2 Å². The Morgan fingerprint density at radius 2 is 2.21 bits per heavy atom. The number of benzene rings is 1. The van der Waals surface area contributed by atoms with Gasteiger partial charge < -0.3 is 10.2 Å². The highest BCUT2D eigenvalue weighted by molar-refractivity contribution is 6.38. The molecule has 0 fully saturated rings. The molecule has 0 amide bonds. The number of esters is 1. The number of carbonyl (C=O) groups is 1. The van der Waals surface area contributed by atoms with Crippen molar-refractivity contribution >= 4 is 45.8 Å². The molecule has 0 bridgehead atoms. The Morgan fingerprint density at radius 1 is 1.47 bits per heavy atom. The lowest BCUT2D eigenvalue weighted by atomic mass is 10.1. The van der Waals surface area contributed by atoms with Gasteiger partial charge in [0.25, 0.3) is 0 Å². The molecule has 1 aromatic carbocycles. The number of halogens is 2. The largest absolute Gasteiger partial charge is 0.462 e. The number of nitrogens with one attached hydrogen (secondary N) is 1. The average molecular weight is 300 g/mol. The van der Waals surface area contributed by atoms with E-state index >= 15 is 0 Å². The van der Waals surface area contributed by atoms with E-state index in [1.165, 1.54) is 6.20 Å². The van der Waals surface area contributed by atoms with Crippen LogP contribution in [0.15, 0.2) is 18.3 Å². The predicted molar refractivity (Wildman–Crippen MR) is 75.5 cm³/mol. The predicted octanol–water partition coefficient (Wildman–Crippen LogP) is 3.00. The molecule has 1 heterocycles. The number of pyridine rings is 1. The molecule has 2 rings (SSSR count). The molecule has 100 valence electrons. The van der Waals surface area contributed by atoms with Crippen molar-refractivity contribution in [2.45, 2.75) is 6.92 Å². The van der Waals surface area contributed by atoms with Gasteiger partial charge in [0.1, 0.15) is 5.56 Å².